The van der Waals surface area contributed by atoms with Crippen LogP contribution in [0.5, 0.6) is 0 Å². The van der Waals surface area contributed by atoms with Gasteiger partial charge in [-0.1, -0.05) is 23.7 Å². The summed E-state index contributed by atoms with van der Waals surface area (Å²) < 4.78 is 2.16. The van der Waals surface area contributed by atoms with Crippen LogP contribution in [-0.2, 0) is 18.5 Å². The molecule has 8 heteroatoms. The van der Waals surface area contributed by atoms with Crippen molar-refractivity contribution in [3.05, 3.63) is 47.0 Å². The number of aromatic nitrogens is 3. The van der Waals surface area contributed by atoms with Crippen LogP contribution < -0.4 is 5.73 Å². The number of hydrogen-bond donors (Lipinski definition) is 1. The summed E-state index contributed by atoms with van der Waals surface area (Å²) in [7, 11) is 0. The molecule has 2 aromatic rings. The Morgan fingerprint density at radius 3 is 2.65 bits per heavy atom. The maximum atomic E-state index is 6.22. The molecule has 1 aromatic heterocycles. The smallest absolute Gasteiger partial charge is 0.147 e. The van der Waals surface area contributed by atoms with Crippen LogP contribution in [0.15, 0.2) is 30.6 Å². The lowest BCUT2D eigenvalue weighted by molar-refractivity contribution is 0.0975. The Kier molecular flexibility index (Phi) is 7.34. The first-order chi connectivity index (χ1) is 11.7. The molecule has 0 bridgehead atoms. The summed E-state index contributed by atoms with van der Waals surface area (Å²) in [6.45, 7) is 3.68. The maximum absolute atomic E-state index is 6.22. The topological polar surface area (TPSA) is 60.0 Å². The standard InChI is InChI=1S/C18H24ClN5.2ClH/c19-15-3-1-2-14(10-15)18(12-20)6-4-16(5-7-18)23-8-9-24-13-21-22-17(24)11-23;;/h1-3,10,13,16H,4-9,11-12,20H2;2*1H. The number of halogens is 3. The highest BCUT2D eigenvalue weighted by atomic mass is 35.5. The normalized spacial score (nSPS) is 25.7. The van der Waals surface area contributed by atoms with Gasteiger partial charge in [-0.2, -0.15) is 0 Å². The number of nitrogens with zero attached hydrogens (tertiary/aromatic N) is 4. The van der Waals surface area contributed by atoms with Crippen molar-refractivity contribution in [2.75, 3.05) is 13.1 Å². The lowest BCUT2D eigenvalue weighted by Crippen LogP contribution is -2.47. The lowest BCUT2D eigenvalue weighted by Gasteiger charge is -2.44. The highest BCUT2D eigenvalue weighted by Gasteiger charge is 2.38. The molecule has 2 heterocycles. The Morgan fingerprint density at radius 2 is 1.96 bits per heavy atom. The average molecular weight is 419 g/mol. The van der Waals surface area contributed by atoms with Crippen LogP contribution in [0.4, 0.5) is 0 Å². The minimum Gasteiger partial charge on any atom is -0.330 e. The fourth-order valence-corrected chi connectivity index (χ4v) is 4.54. The van der Waals surface area contributed by atoms with Crippen molar-refractivity contribution in [3.8, 4) is 0 Å². The molecule has 144 valence electrons. The molecular weight excluding hydrogens is 393 g/mol. The minimum atomic E-state index is 0. The van der Waals surface area contributed by atoms with Crippen molar-refractivity contribution in [2.45, 2.75) is 50.2 Å². The first-order valence-corrected chi connectivity index (χ1v) is 9.15. The van der Waals surface area contributed by atoms with E-state index in [4.69, 9.17) is 17.3 Å². The number of fused-ring (bicyclic) bond motifs is 1. The van der Waals surface area contributed by atoms with Gasteiger partial charge in [0.1, 0.15) is 12.2 Å². The van der Waals surface area contributed by atoms with E-state index < -0.39 is 0 Å². The van der Waals surface area contributed by atoms with Gasteiger partial charge < -0.3 is 10.3 Å². The zero-order valence-electron chi connectivity index (χ0n) is 14.7. The van der Waals surface area contributed by atoms with Gasteiger partial charge in [0.05, 0.1) is 6.54 Å². The van der Waals surface area contributed by atoms with E-state index in [1.165, 1.54) is 18.4 Å². The van der Waals surface area contributed by atoms with Crippen molar-refractivity contribution in [1.82, 2.24) is 19.7 Å². The van der Waals surface area contributed by atoms with Crippen LogP contribution in [0.2, 0.25) is 5.02 Å². The van der Waals surface area contributed by atoms with Gasteiger partial charge in [0.25, 0.3) is 0 Å². The summed E-state index contributed by atoms with van der Waals surface area (Å²) in [6, 6.07) is 8.87. The average Bonchev–Trinajstić information content (AvgIpc) is 3.09. The molecule has 0 unspecified atom stereocenters. The molecule has 0 radical (unpaired) electrons. The van der Waals surface area contributed by atoms with Gasteiger partial charge in [0.2, 0.25) is 0 Å². The second kappa shape index (κ2) is 8.89. The second-order valence-electron chi connectivity index (χ2n) is 7.14. The minimum absolute atomic E-state index is 0. The molecule has 1 aliphatic carbocycles. The number of benzene rings is 1. The molecule has 5 nitrogen and oxygen atoms in total. The zero-order valence-corrected chi connectivity index (χ0v) is 17.1. The van der Waals surface area contributed by atoms with Crippen LogP contribution in [0.3, 0.4) is 0 Å². The molecule has 4 rings (SSSR count). The third-order valence-electron chi connectivity index (χ3n) is 5.92. The predicted molar refractivity (Wildman–Crippen MR) is 109 cm³/mol. The number of hydrogen-bond acceptors (Lipinski definition) is 4. The van der Waals surface area contributed by atoms with Gasteiger partial charge in [0, 0.05) is 36.1 Å². The number of nitrogens with two attached hydrogens (primary N) is 1. The SMILES string of the molecule is Cl.Cl.NCC1(c2cccc(Cl)c2)CCC(N2CCn3cnnc3C2)CC1. The summed E-state index contributed by atoms with van der Waals surface area (Å²) in [5.41, 5.74) is 7.60. The third kappa shape index (κ3) is 4.02. The molecule has 1 aromatic carbocycles. The van der Waals surface area contributed by atoms with Crippen molar-refractivity contribution in [1.29, 1.82) is 0 Å². The molecule has 1 aliphatic heterocycles. The molecule has 0 atom stereocenters. The molecular formula is C18H26Cl3N5. The van der Waals surface area contributed by atoms with Crippen LogP contribution >= 0.6 is 36.4 Å². The monoisotopic (exact) mass is 417 g/mol. The summed E-state index contributed by atoms with van der Waals surface area (Å²) >= 11 is 6.21. The molecule has 0 spiro atoms. The fourth-order valence-electron chi connectivity index (χ4n) is 4.35. The van der Waals surface area contributed by atoms with Crippen LogP contribution in [0, 0.1) is 0 Å². The Balaban J connectivity index is 0.00000121. The highest BCUT2D eigenvalue weighted by molar-refractivity contribution is 6.30. The van der Waals surface area contributed by atoms with Gasteiger partial charge in [-0.15, -0.1) is 35.0 Å². The Morgan fingerprint density at radius 1 is 1.19 bits per heavy atom. The van der Waals surface area contributed by atoms with E-state index in [9.17, 15) is 0 Å². The molecule has 0 saturated heterocycles. The van der Waals surface area contributed by atoms with Crippen LogP contribution in [0.25, 0.3) is 0 Å². The Labute approximate surface area is 172 Å². The summed E-state index contributed by atoms with van der Waals surface area (Å²) in [5.74, 6) is 1.09. The fraction of sp³-hybridized carbons (Fsp3) is 0.556. The van der Waals surface area contributed by atoms with E-state index in [0.717, 1.165) is 43.3 Å². The maximum Gasteiger partial charge on any atom is 0.147 e. The second-order valence-corrected chi connectivity index (χ2v) is 7.57. The quantitative estimate of drug-likeness (QED) is 0.829. The summed E-state index contributed by atoms with van der Waals surface area (Å²) in [5, 5.41) is 9.07. The van der Waals surface area contributed by atoms with E-state index in [2.05, 4.69) is 31.8 Å². The largest absolute Gasteiger partial charge is 0.330 e. The first kappa shape index (κ1) is 21.5. The molecule has 2 N–H and O–H groups in total. The molecule has 26 heavy (non-hydrogen) atoms. The van der Waals surface area contributed by atoms with Crippen molar-refractivity contribution >= 4 is 36.4 Å². The molecule has 1 fully saturated rings. The van der Waals surface area contributed by atoms with Crippen LogP contribution in [-0.4, -0.2) is 38.8 Å². The predicted octanol–water partition coefficient (Wildman–Crippen LogP) is 3.43. The zero-order chi connectivity index (χ0) is 16.6. The van der Waals surface area contributed by atoms with Crippen molar-refractivity contribution in [2.24, 2.45) is 5.73 Å². The molecule has 0 amide bonds. The Hall–Kier alpha value is -0.850. The van der Waals surface area contributed by atoms with E-state index >= 15 is 0 Å². The van der Waals surface area contributed by atoms with Crippen molar-refractivity contribution < 1.29 is 0 Å². The van der Waals surface area contributed by atoms with E-state index in [-0.39, 0.29) is 30.2 Å². The lowest BCUT2D eigenvalue weighted by atomic mass is 9.68. The van der Waals surface area contributed by atoms with Gasteiger partial charge in [-0.3, -0.25) is 4.90 Å². The third-order valence-corrected chi connectivity index (χ3v) is 6.16. The summed E-state index contributed by atoms with van der Waals surface area (Å²) in [4.78, 5) is 2.57. The Bertz CT molecular complexity index is 712. The van der Waals surface area contributed by atoms with Crippen LogP contribution in [0.1, 0.15) is 37.1 Å². The van der Waals surface area contributed by atoms with Gasteiger partial charge >= 0.3 is 0 Å². The van der Waals surface area contributed by atoms with Crippen molar-refractivity contribution in [3.63, 3.8) is 0 Å². The van der Waals surface area contributed by atoms with E-state index in [1.54, 1.807) is 0 Å². The summed E-state index contributed by atoms with van der Waals surface area (Å²) in [6.07, 6.45) is 6.44. The van der Waals surface area contributed by atoms with Gasteiger partial charge in [0.15, 0.2) is 0 Å². The van der Waals surface area contributed by atoms with Gasteiger partial charge in [-0.05, 0) is 43.4 Å². The number of rotatable bonds is 3. The van der Waals surface area contributed by atoms with Gasteiger partial charge in [-0.25, -0.2) is 0 Å². The first-order valence-electron chi connectivity index (χ1n) is 8.77. The molecule has 2 aliphatic rings. The highest BCUT2D eigenvalue weighted by Crippen LogP contribution is 2.41. The molecule has 1 saturated carbocycles. The van der Waals surface area contributed by atoms with E-state index in [1.807, 2.05) is 18.5 Å². The van der Waals surface area contributed by atoms with E-state index in [0.29, 0.717) is 12.6 Å².